The molecule has 8 heteroatoms. The minimum Gasteiger partial charge on any atom is -0.488 e. The van der Waals surface area contributed by atoms with Gasteiger partial charge in [-0.15, -0.1) is 0 Å². The number of rotatable bonds is 13. The van der Waals surface area contributed by atoms with E-state index in [0.717, 1.165) is 22.4 Å². The van der Waals surface area contributed by atoms with Gasteiger partial charge in [0, 0.05) is 54.4 Å². The number of pyridine rings is 1. The highest BCUT2D eigenvalue weighted by Gasteiger charge is 2.15. The lowest BCUT2D eigenvalue weighted by Crippen LogP contribution is -2.34. The normalized spacial score (nSPS) is 11.5. The number of nitriles is 1. The Hall–Kier alpha value is -4.71. The summed E-state index contributed by atoms with van der Waals surface area (Å²) in [6.07, 6.45) is 2.96. The number of benzene rings is 3. The Labute approximate surface area is 240 Å². The van der Waals surface area contributed by atoms with Crippen LogP contribution >= 0.6 is 0 Å². The van der Waals surface area contributed by atoms with Crippen LogP contribution in [0.25, 0.3) is 11.1 Å². The Morgan fingerprint density at radius 3 is 2.56 bits per heavy atom. The molecule has 0 aliphatic rings. The zero-order chi connectivity index (χ0) is 29.2. The number of ether oxygens (including phenoxy) is 1. The number of aryl methyl sites for hydroxylation is 1. The predicted molar refractivity (Wildman–Crippen MR) is 158 cm³/mol. The molecule has 1 heterocycles. The third-order valence-corrected chi connectivity index (χ3v) is 6.95. The van der Waals surface area contributed by atoms with Crippen molar-refractivity contribution >= 4 is 11.7 Å². The van der Waals surface area contributed by atoms with E-state index >= 15 is 0 Å². The van der Waals surface area contributed by atoms with Crippen LogP contribution in [-0.4, -0.2) is 33.8 Å². The van der Waals surface area contributed by atoms with Gasteiger partial charge in [-0.1, -0.05) is 48.5 Å². The Morgan fingerprint density at radius 1 is 1.02 bits per heavy atom. The first-order valence-corrected chi connectivity index (χ1v) is 13.4. The first-order valence-electron chi connectivity index (χ1n) is 13.4. The highest BCUT2D eigenvalue weighted by Crippen LogP contribution is 2.30. The van der Waals surface area contributed by atoms with Crippen LogP contribution in [0, 0.1) is 25.2 Å². The maximum absolute atomic E-state index is 11.2. The lowest BCUT2D eigenvalue weighted by Gasteiger charge is -2.20. The molecule has 0 aliphatic carbocycles. The maximum Gasteiger partial charge on any atom is 0.305 e. The average molecular weight is 551 g/mol. The summed E-state index contributed by atoms with van der Waals surface area (Å²) >= 11 is 0. The van der Waals surface area contributed by atoms with Crippen molar-refractivity contribution in [1.29, 1.82) is 5.26 Å². The Morgan fingerprint density at radius 2 is 1.83 bits per heavy atom. The summed E-state index contributed by atoms with van der Waals surface area (Å²) in [5.74, 6) is -0.380. The molecule has 4 N–H and O–H groups in total. The van der Waals surface area contributed by atoms with E-state index in [0.29, 0.717) is 24.4 Å². The van der Waals surface area contributed by atoms with Crippen LogP contribution < -0.4 is 15.4 Å². The Balaban J connectivity index is 1.57. The molecule has 0 radical (unpaired) electrons. The van der Waals surface area contributed by atoms with Gasteiger partial charge < -0.3 is 25.6 Å². The quantitative estimate of drug-likeness (QED) is 0.175. The number of carboxylic acid groups (broad SMARTS) is 1. The molecule has 4 aromatic rings. The molecule has 4 rings (SSSR count). The maximum atomic E-state index is 11.2. The van der Waals surface area contributed by atoms with Gasteiger partial charge in [-0.05, 0) is 53.8 Å². The topological polar surface area (TPSA) is 128 Å². The van der Waals surface area contributed by atoms with Crippen LogP contribution in [0.3, 0.4) is 0 Å². The van der Waals surface area contributed by atoms with E-state index in [1.54, 1.807) is 12.3 Å². The minimum absolute atomic E-state index is 0.195. The summed E-state index contributed by atoms with van der Waals surface area (Å²) in [5, 5.41) is 34.6. The molecular weight excluding hydrogens is 516 g/mol. The standard InChI is InChI=1S/C33H34N4O4/c1-22-11-28(19-36-29(20-38)13-33(39)40)32(41-21-25-12-24(15-34)16-35-17-25)14-31(22)37-18-27-9-6-10-30(23(27)2)26-7-4-3-5-8-26/h3-12,14,16-17,29,36-38H,13,18-21H2,1-2H3,(H,39,40). The van der Waals surface area contributed by atoms with Gasteiger partial charge in [0.15, 0.2) is 0 Å². The minimum atomic E-state index is -0.986. The molecule has 210 valence electrons. The largest absolute Gasteiger partial charge is 0.488 e. The number of nitrogens with zero attached hydrogens (tertiary/aromatic N) is 2. The molecule has 1 unspecified atom stereocenters. The summed E-state index contributed by atoms with van der Waals surface area (Å²) < 4.78 is 6.21. The van der Waals surface area contributed by atoms with Crippen LogP contribution in [-0.2, 0) is 24.5 Å². The molecule has 41 heavy (non-hydrogen) atoms. The number of carboxylic acids is 1. The van der Waals surface area contributed by atoms with E-state index in [2.05, 4.69) is 58.9 Å². The summed E-state index contributed by atoms with van der Waals surface area (Å²) in [5.41, 5.74) is 8.69. The summed E-state index contributed by atoms with van der Waals surface area (Å²) in [7, 11) is 0. The fourth-order valence-corrected chi connectivity index (χ4v) is 4.66. The fourth-order valence-electron chi connectivity index (χ4n) is 4.66. The first-order chi connectivity index (χ1) is 19.9. The third-order valence-electron chi connectivity index (χ3n) is 6.95. The molecular formula is C33H34N4O4. The van der Waals surface area contributed by atoms with Gasteiger partial charge in [0.1, 0.15) is 18.4 Å². The third kappa shape index (κ3) is 7.92. The van der Waals surface area contributed by atoms with Crippen molar-refractivity contribution < 1.29 is 19.7 Å². The van der Waals surface area contributed by atoms with Gasteiger partial charge in [0.2, 0.25) is 0 Å². The van der Waals surface area contributed by atoms with Crippen LogP contribution in [0.15, 0.2) is 79.1 Å². The zero-order valence-corrected chi connectivity index (χ0v) is 23.2. The van der Waals surface area contributed by atoms with E-state index in [9.17, 15) is 15.2 Å². The van der Waals surface area contributed by atoms with Crippen molar-refractivity contribution in [1.82, 2.24) is 10.3 Å². The predicted octanol–water partition coefficient (Wildman–Crippen LogP) is 5.35. The number of hydrogen-bond donors (Lipinski definition) is 4. The molecule has 0 saturated carbocycles. The molecule has 1 aromatic heterocycles. The summed E-state index contributed by atoms with van der Waals surface area (Å²) in [6, 6.07) is 23.8. The van der Waals surface area contributed by atoms with E-state index in [1.807, 2.05) is 37.3 Å². The SMILES string of the molecule is Cc1cc(CNC(CO)CC(=O)O)c(OCc2cncc(C#N)c2)cc1NCc1cccc(-c2ccccc2)c1C. The molecule has 0 spiro atoms. The van der Waals surface area contributed by atoms with Crippen LogP contribution in [0.5, 0.6) is 5.75 Å². The lowest BCUT2D eigenvalue weighted by molar-refractivity contribution is -0.137. The summed E-state index contributed by atoms with van der Waals surface area (Å²) in [4.78, 5) is 15.3. The van der Waals surface area contributed by atoms with Crippen molar-refractivity contribution in [2.45, 2.75) is 46.0 Å². The van der Waals surface area contributed by atoms with E-state index in [-0.39, 0.29) is 19.6 Å². The number of carbonyl (C=O) groups is 1. The number of aliphatic hydroxyl groups excluding tert-OH is 1. The number of hydrogen-bond acceptors (Lipinski definition) is 7. The zero-order valence-electron chi connectivity index (χ0n) is 23.2. The number of aliphatic hydroxyl groups is 1. The van der Waals surface area contributed by atoms with Crippen molar-refractivity contribution in [3.05, 3.63) is 113 Å². The second-order valence-electron chi connectivity index (χ2n) is 9.92. The van der Waals surface area contributed by atoms with Gasteiger partial charge >= 0.3 is 5.97 Å². The van der Waals surface area contributed by atoms with Gasteiger partial charge in [-0.25, -0.2) is 0 Å². The van der Waals surface area contributed by atoms with E-state index in [1.165, 1.54) is 28.5 Å². The van der Waals surface area contributed by atoms with E-state index < -0.39 is 12.0 Å². The molecule has 0 fully saturated rings. The van der Waals surface area contributed by atoms with Crippen molar-refractivity contribution in [3.63, 3.8) is 0 Å². The number of anilines is 1. The van der Waals surface area contributed by atoms with Gasteiger partial charge in [-0.3, -0.25) is 9.78 Å². The number of aliphatic carboxylic acids is 1. The highest BCUT2D eigenvalue weighted by molar-refractivity contribution is 5.69. The number of nitrogens with one attached hydrogen (secondary N) is 2. The molecule has 8 nitrogen and oxygen atoms in total. The van der Waals surface area contributed by atoms with Crippen LogP contribution in [0.1, 0.15) is 39.8 Å². The van der Waals surface area contributed by atoms with Crippen molar-refractivity contribution in [3.8, 4) is 22.9 Å². The van der Waals surface area contributed by atoms with Crippen molar-refractivity contribution in [2.75, 3.05) is 11.9 Å². The molecule has 3 aromatic carbocycles. The van der Waals surface area contributed by atoms with Crippen molar-refractivity contribution in [2.24, 2.45) is 0 Å². The molecule has 1 atom stereocenters. The Bertz CT molecular complexity index is 1530. The fraction of sp³-hybridized carbons (Fsp3) is 0.242. The van der Waals surface area contributed by atoms with Crippen LogP contribution in [0.4, 0.5) is 5.69 Å². The number of aromatic nitrogens is 1. The van der Waals surface area contributed by atoms with Crippen LogP contribution in [0.2, 0.25) is 0 Å². The molecule has 0 amide bonds. The highest BCUT2D eigenvalue weighted by atomic mass is 16.5. The molecule has 0 bridgehead atoms. The van der Waals surface area contributed by atoms with E-state index in [4.69, 9.17) is 9.84 Å². The van der Waals surface area contributed by atoms with Gasteiger partial charge in [-0.2, -0.15) is 5.26 Å². The monoisotopic (exact) mass is 550 g/mol. The Kier molecular flexibility index (Phi) is 10.1. The molecule has 0 aliphatic heterocycles. The smallest absolute Gasteiger partial charge is 0.305 e. The first kappa shape index (κ1) is 29.3. The van der Waals surface area contributed by atoms with Gasteiger partial charge in [0.25, 0.3) is 0 Å². The lowest BCUT2D eigenvalue weighted by atomic mass is 9.96. The molecule has 0 saturated heterocycles. The second-order valence-corrected chi connectivity index (χ2v) is 9.92. The average Bonchev–Trinajstić information content (AvgIpc) is 2.99. The van der Waals surface area contributed by atoms with Gasteiger partial charge in [0.05, 0.1) is 18.6 Å². The second kappa shape index (κ2) is 14.1. The summed E-state index contributed by atoms with van der Waals surface area (Å²) in [6.45, 7) is 4.97.